The van der Waals surface area contributed by atoms with E-state index in [1.165, 1.54) is 16.9 Å². The van der Waals surface area contributed by atoms with Crippen LogP contribution in [0.2, 0.25) is 0 Å². The number of aryl methyl sites for hydroxylation is 1. The molecule has 0 aliphatic rings. The van der Waals surface area contributed by atoms with E-state index in [9.17, 15) is 10.0 Å². The fourth-order valence-corrected chi connectivity index (χ4v) is 2.36. The first kappa shape index (κ1) is 13.7. The highest BCUT2D eigenvalue weighted by molar-refractivity contribution is 7.09. The van der Waals surface area contributed by atoms with Gasteiger partial charge in [-0.25, -0.2) is 10.0 Å². The van der Waals surface area contributed by atoms with Gasteiger partial charge in [0.15, 0.2) is 0 Å². The Balaban J connectivity index is 1.72. The van der Waals surface area contributed by atoms with Gasteiger partial charge in [-0.2, -0.15) is 0 Å². The zero-order chi connectivity index (χ0) is 13.5. The number of amides is 1. The van der Waals surface area contributed by atoms with Gasteiger partial charge < -0.3 is 0 Å². The van der Waals surface area contributed by atoms with Crippen LogP contribution in [0.15, 0.2) is 41.9 Å². The lowest BCUT2D eigenvalue weighted by Crippen LogP contribution is -2.26. The summed E-state index contributed by atoms with van der Waals surface area (Å²) in [5.41, 5.74) is 1.21. The van der Waals surface area contributed by atoms with Crippen molar-refractivity contribution in [2.24, 2.45) is 0 Å². The van der Waals surface area contributed by atoms with Crippen LogP contribution in [0.3, 0.4) is 0 Å². The van der Waals surface area contributed by atoms with Gasteiger partial charge in [0, 0.05) is 18.0 Å². The molecule has 1 aromatic heterocycles. The zero-order valence-corrected chi connectivity index (χ0v) is 11.3. The zero-order valence-electron chi connectivity index (χ0n) is 10.5. The number of hydrogen-bond donors (Lipinski definition) is 1. The average Bonchev–Trinajstić information content (AvgIpc) is 2.92. The normalized spacial score (nSPS) is 10.4. The number of nitrogens with zero attached hydrogens (tertiary/aromatic N) is 2. The molecule has 2 rings (SSSR count). The smallest absolute Gasteiger partial charge is 0.246 e. The number of benzene rings is 1. The second kappa shape index (κ2) is 7.01. The Morgan fingerprint density at radius 2 is 2.11 bits per heavy atom. The third-order valence-electron chi connectivity index (χ3n) is 2.76. The van der Waals surface area contributed by atoms with Crippen LogP contribution in [0, 0.1) is 0 Å². The summed E-state index contributed by atoms with van der Waals surface area (Å²) >= 11 is 1.42. The average molecular weight is 276 g/mol. The summed E-state index contributed by atoms with van der Waals surface area (Å²) in [5, 5.41) is 12.9. The van der Waals surface area contributed by atoms with Gasteiger partial charge in [0.2, 0.25) is 5.91 Å². The van der Waals surface area contributed by atoms with Gasteiger partial charge in [-0.3, -0.25) is 10.0 Å². The lowest BCUT2D eigenvalue weighted by Gasteiger charge is -2.13. The van der Waals surface area contributed by atoms with Crippen molar-refractivity contribution in [3.63, 3.8) is 0 Å². The molecule has 0 radical (unpaired) electrons. The van der Waals surface area contributed by atoms with Crippen LogP contribution in [0.5, 0.6) is 0 Å². The molecule has 5 heteroatoms. The third-order valence-corrected chi connectivity index (χ3v) is 3.52. The minimum absolute atomic E-state index is 0.168. The first-order valence-corrected chi connectivity index (χ1v) is 7.05. The Morgan fingerprint density at radius 3 is 2.79 bits per heavy atom. The molecule has 1 amide bonds. The molecule has 0 unspecified atom stereocenters. The maximum Gasteiger partial charge on any atom is 0.246 e. The lowest BCUT2D eigenvalue weighted by molar-refractivity contribution is -0.168. The maximum atomic E-state index is 11.7. The molecule has 100 valence electrons. The standard InChI is InChI=1S/C14H16N2O2S/c17-14(16(18)11-13-15-9-10-19-13)8-4-7-12-5-2-1-3-6-12/h1-3,5-6,9-10,18H,4,7-8,11H2. The predicted molar refractivity (Wildman–Crippen MR) is 73.8 cm³/mol. The fourth-order valence-electron chi connectivity index (χ4n) is 1.76. The molecule has 1 heterocycles. The van der Waals surface area contributed by atoms with Crippen LogP contribution in [0.25, 0.3) is 0 Å². The van der Waals surface area contributed by atoms with Crippen molar-refractivity contribution in [2.45, 2.75) is 25.8 Å². The van der Waals surface area contributed by atoms with Crippen LogP contribution < -0.4 is 0 Å². The fraction of sp³-hybridized carbons (Fsp3) is 0.286. The number of rotatable bonds is 6. The molecule has 4 nitrogen and oxygen atoms in total. The third kappa shape index (κ3) is 4.46. The van der Waals surface area contributed by atoms with E-state index in [0.29, 0.717) is 6.42 Å². The Kier molecular flexibility index (Phi) is 5.06. The molecule has 0 atom stereocenters. The number of hydroxylamine groups is 2. The van der Waals surface area contributed by atoms with Crippen molar-refractivity contribution in [1.82, 2.24) is 10.0 Å². The quantitative estimate of drug-likeness (QED) is 0.652. The molecule has 0 fully saturated rings. The first-order valence-electron chi connectivity index (χ1n) is 6.17. The summed E-state index contributed by atoms with van der Waals surface area (Å²) in [6.07, 6.45) is 3.58. The second-order valence-electron chi connectivity index (χ2n) is 4.22. The van der Waals surface area contributed by atoms with Crippen molar-refractivity contribution < 1.29 is 10.0 Å². The Hall–Kier alpha value is -1.72. The van der Waals surface area contributed by atoms with E-state index in [1.807, 2.05) is 35.7 Å². The molecular formula is C14H16N2O2S. The summed E-state index contributed by atoms with van der Waals surface area (Å²) in [7, 11) is 0. The Labute approximate surface area is 116 Å². The molecule has 0 aliphatic heterocycles. The van der Waals surface area contributed by atoms with E-state index in [2.05, 4.69) is 4.98 Å². The van der Waals surface area contributed by atoms with Crippen molar-refractivity contribution in [2.75, 3.05) is 0 Å². The summed E-state index contributed by atoms with van der Waals surface area (Å²) in [6, 6.07) is 10.0. The van der Waals surface area contributed by atoms with E-state index in [4.69, 9.17) is 0 Å². The minimum Gasteiger partial charge on any atom is -0.285 e. The molecule has 0 saturated carbocycles. The molecule has 19 heavy (non-hydrogen) atoms. The second-order valence-corrected chi connectivity index (χ2v) is 5.20. The first-order chi connectivity index (χ1) is 9.25. The van der Waals surface area contributed by atoms with E-state index < -0.39 is 0 Å². The van der Waals surface area contributed by atoms with Gasteiger partial charge in [-0.05, 0) is 18.4 Å². The lowest BCUT2D eigenvalue weighted by atomic mass is 10.1. The molecule has 2 aromatic rings. The highest BCUT2D eigenvalue weighted by Gasteiger charge is 2.12. The van der Waals surface area contributed by atoms with E-state index >= 15 is 0 Å². The highest BCUT2D eigenvalue weighted by Crippen LogP contribution is 2.09. The summed E-state index contributed by atoms with van der Waals surface area (Å²) in [5.74, 6) is -0.258. The monoisotopic (exact) mass is 276 g/mol. The molecule has 0 bridgehead atoms. The highest BCUT2D eigenvalue weighted by atomic mass is 32.1. The van der Waals surface area contributed by atoms with Gasteiger partial charge in [0.1, 0.15) is 11.6 Å². The molecular weight excluding hydrogens is 260 g/mol. The van der Waals surface area contributed by atoms with Crippen LogP contribution in [0.4, 0.5) is 0 Å². The molecule has 1 N–H and O–H groups in total. The van der Waals surface area contributed by atoms with Crippen molar-refractivity contribution >= 4 is 17.2 Å². The number of thiazole rings is 1. The van der Waals surface area contributed by atoms with Crippen molar-refractivity contribution in [3.8, 4) is 0 Å². The Bertz CT molecular complexity index is 499. The van der Waals surface area contributed by atoms with Gasteiger partial charge >= 0.3 is 0 Å². The minimum atomic E-state index is -0.258. The number of carbonyl (C=O) groups excluding carboxylic acids is 1. The predicted octanol–water partition coefficient (Wildman–Crippen LogP) is 2.88. The van der Waals surface area contributed by atoms with E-state index in [-0.39, 0.29) is 12.5 Å². The number of carbonyl (C=O) groups is 1. The van der Waals surface area contributed by atoms with Crippen LogP contribution in [-0.4, -0.2) is 21.2 Å². The molecule has 0 aliphatic carbocycles. The van der Waals surface area contributed by atoms with Gasteiger partial charge in [0.05, 0.1) is 0 Å². The van der Waals surface area contributed by atoms with Gasteiger partial charge in [-0.15, -0.1) is 11.3 Å². The van der Waals surface area contributed by atoms with Crippen LogP contribution in [-0.2, 0) is 17.8 Å². The molecule has 0 spiro atoms. The largest absolute Gasteiger partial charge is 0.285 e. The van der Waals surface area contributed by atoms with Gasteiger partial charge in [-0.1, -0.05) is 30.3 Å². The summed E-state index contributed by atoms with van der Waals surface area (Å²) < 4.78 is 0. The van der Waals surface area contributed by atoms with Crippen LogP contribution in [0.1, 0.15) is 23.4 Å². The van der Waals surface area contributed by atoms with Gasteiger partial charge in [0.25, 0.3) is 0 Å². The summed E-state index contributed by atoms with van der Waals surface area (Å²) in [6.45, 7) is 0.168. The Morgan fingerprint density at radius 1 is 1.32 bits per heavy atom. The molecule has 0 saturated heterocycles. The van der Waals surface area contributed by atoms with E-state index in [0.717, 1.165) is 22.9 Å². The van der Waals surface area contributed by atoms with Crippen LogP contribution >= 0.6 is 11.3 Å². The van der Waals surface area contributed by atoms with Crippen molar-refractivity contribution in [3.05, 3.63) is 52.5 Å². The SMILES string of the molecule is O=C(CCCc1ccccc1)N(O)Cc1nccs1. The maximum absolute atomic E-state index is 11.7. The topological polar surface area (TPSA) is 53.4 Å². The number of aromatic nitrogens is 1. The molecule has 1 aromatic carbocycles. The van der Waals surface area contributed by atoms with Crippen molar-refractivity contribution in [1.29, 1.82) is 0 Å². The summed E-state index contributed by atoms with van der Waals surface area (Å²) in [4.78, 5) is 15.7. The van der Waals surface area contributed by atoms with E-state index in [1.54, 1.807) is 6.20 Å². The number of hydrogen-bond acceptors (Lipinski definition) is 4.